The highest BCUT2D eigenvalue weighted by Crippen LogP contribution is 2.23. The Morgan fingerprint density at radius 1 is 1.25 bits per heavy atom. The number of rotatable bonds is 5. The van der Waals surface area contributed by atoms with Crippen LogP contribution in [0.1, 0.15) is 23.7 Å². The summed E-state index contributed by atoms with van der Waals surface area (Å²) in [6.07, 6.45) is 0. The van der Waals surface area contributed by atoms with Gasteiger partial charge in [0.1, 0.15) is 5.01 Å². The highest BCUT2D eigenvalue weighted by atomic mass is 32.2. The van der Waals surface area contributed by atoms with Gasteiger partial charge in [-0.2, -0.15) is 0 Å². The quantitative estimate of drug-likeness (QED) is 0.890. The first-order valence-electron chi connectivity index (χ1n) is 6.14. The highest BCUT2D eigenvalue weighted by Gasteiger charge is 2.12. The predicted molar refractivity (Wildman–Crippen MR) is 81.6 cm³/mol. The summed E-state index contributed by atoms with van der Waals surface area (Å²) in [5, 5.41) is 6.32. The number of aromatic nitrogens is 1. The zero-order chi connectivity index (χ0) is 14.8. The van der Waals surface area contributed by atoms with E-state index in [9.17, 15) is 8.42 Å². The second-order valence-corrected chi connectivity index (χ2v) is 7.20. The van der Waals surface area contributed by atoms with Crippen LogP contribution in [0.2, 0.25) is 0 Å². The molecule has 0 aliphatic rings. The summed E-state index contributed by atoms with van der Waals surface area (Å²) in [4.78, 5) is 4.68. The SMILES string of the molecule is CNS(=O)(=O)c1ccc(NC(C)c2nc(C)cs2)cc1. The molecule has 0 bridgehead atoms. The third-order valence-corrected chi connectivity index (χ3v) is 5.40. The molecular formula is C13H17N3O2S2. The van der Waals surface area contributed by atoms with E-state index in [-0.39, 0.29) is 10.9 Å². The summed E-state index contributed by atoms with van der Waals surface area (Å²) < 4.78 is 25.5. The monoisotopic (exact) mass is 311 g/mol. The molecule has 7 heteroatoms. The van der Waals surface area contributed by atoms with Crippen LogP contribution in [0.15, 0.2) is 34.5 Å². The fourth-order valence-electron chi connectivity index (χ4n) is 1.73. The lowest BCUT2D eigenvalue weighted by atomic mass is 10.3. The number of sulfonamides is 1. The number of nitrogens with zero attached hydrogens (tertiary/aromatic N) is 1. The van der Waals surface area contributed by atoms with Crippen molar-refractivity contribution in [1.82, 2.24) is 9.71 Å². The topological polar surface area (TPSA) is 71.1 Å². The van der Waals surface area contributed by atoms with E-state index in [0.717, 1.165) is 16.4 Å². The van der Waals surface area contributed by atoms with Gasteiger partial charge in [-0.3, -0.25) is 0 Å². The Kier molecular flexibility index (Phi) is 4.42. The minimum Gasteiger partial charge on any atom is -0.376 e. The van der Waals surface area contributed by atoms with E-state index >= 15 is 0 Å². The lowest BCUT2D eigenvalue weighted by molar-refractivity contribution is 0.588. The van der Waals surface area contributed by atoms with Crippen molar-refractivity contribution in [1.29, 1.82) is 0 Å². The maximum Gasteiger partial charge on any atom is 0.240 e. The van der Waals surface area contributed by atoms with E-state index < -0.39 is 10.0 Å². The van der Waals surface area contributed by atoms with Gasteiger partial charge in [0.25, 0.3) is 0 Å². The van der Waals surface area contributed by atoms with Gasteiger partial charge in [-0.1, -0.05) is 0 Å². The van der Waals surface area contributed by atoms with Crippen molar-refractivity contribution in [3.63, 3.8) is 0 Å². The molecule has 0 spiro atoms. The van der Waals surface area contributed by atoms with Gasteiger partial charge in [0.2, 0.25) is 10.0 Å². The van der Waals surface area contributed by atoms with Crippen LogP contribution in [0, 0.1) is 6.92 Å². The van der Waals surface area contributed by atoms with Crippen molar-refractivity contribution in [2.24, 2.45) is 0 Å². The molecule has 1 atom stereocenters. The molecule has 0 radical (unpaired) electrons. The van der Waals surface area contributed by atoms with E-state index in [1.165, 1.54) is 7.05 Å². The molecule has 1 aromatic carbocycles. The summed E-state index contributed by atoms with van der Waals surface area (Å²) in [7, 11) is -1.98. The molecule has 20 heavy (non-hydrogen) atoms. The predicted octanol–water partition coefficient (Wildman–Crippen LogP) is 2.53. The molecule has 2 rings (SSSR count). The number of benzene rings is 1. The van der Waals surface area contributed by atoms with E-state index in [4.69, 9.17) is 0 Å². The van der Waals surface area contributed by atoms with E-state index in [0.29, 0.717) is 0 Å². The molecule has 108 valence electrons. The first kappa shape index (κ1) is 15.0. The molecule has 1 aromatic heterocycles. The van der Waals surface area contributed by atoms with Crippen molar-refractivity contribution < 1.29 is 8.42 Å². The number of thiazole rings is 1. The van der Waals surface area contributed by atoms with Gasteiger partial charge >= 0.3 is 0 Å². The lowest BCUT2D eigenvalue weighted by Gasteiger charge is -2.13. The number of nitrogens with one attached hydrogen (secondary N) is 2. The molecule has 5 nitrogen and oxygen atoms in total. The fraction of sp³-hybridized carbons (Fsp3) is 0.308. The third kappa shape index (κ3) is 3.36. The molecule has 0 fully saturated rings. The van der Waals surface area contributed by atoms with Crippen LogP contribution in [0.25, 0.3) is 0 Å². The van der Waals surface area contributed by atoms with Gasteiger partial charge in [0.15, 0.2) is 0 Å². The van der Waals surface area contributed by atoms with Crippen molar-refractivity contribution in [3.05, 3.63) is 40.3 Å². The summed E-state index contributed by atoms with van der Waals surface area (Å²) in [5.74, 6) is 0. The molecular weight excluding hydrogens is 294 g/mol. The van der Waals surface area contributed by atoms with Gasteiger partial charge in [-0.05, 0) is 45.2 Å². The number of hydrogen-bond donors (Lipinski definition) is 2. The first-order chi connectivity index (χ1) is 9.42. The molecule has 0 aliphatic heterocycles. The molecule has 2 N–H and O–H groups in total. The number of aryl methyl sites for hydroxylation is 1. The fourth-order valence-corrected chi connectivity index (χ4v) is 3.26. The van der Waals surface area contributed by atoms with Gasteiger partial charge in [-0.15, -0.1) is 11.3 Å². The maximum atomic E-state index is 11.6. The zero-order valence-electron chi connectivity index (χ0n) is 11.5. The van der Waals surface area contributed by atoms with Crippen LogP contribution in [0.3, 0.4) is 0 Å². The molecule has 1 heterocycles. The van der Waals surface area contributed by atoms with Gasteiger partial charge < -0.3 is 5.32 Å². The van der Waals surface area contributed by atoms with Crippen LogP contribution < -0.4 is 10.0 Å². The molecule has 0 amide bonds. The van der Waals surface area contributed by atoms with Crippen LogP contribution in [-0.2, 0) is 10.0 Å². The normalized spacial score (nSPS) is 13.2. The van der Waals surface area contributed by atoms with E-state index in [1.807, 2.05) is 19.2 Å². The van der Waals surface area contributed by atoms with Gasteiger partial charge in [0.05, 0.1) is 10.9 Å². The zero-order valence-corrected chi connectivity index (χ0v) is 13.2. The smallest absolute Gasteiger partial charge is 0.240 e. The van der Waals surface area contributed by atoms with Crippen molar-refractivity contribution in [2.45, 2.75) is 24.8 Å². The first-order valence-corrected chi connectivity index (χ1v) is 8.51. The van der Waals surface area contributed by atoms with E-state index in [2.05, 4.69) is 15.0 Å². The number of hydrogen-bond acceptors (Lipinski definition) is 5. The van der Waals surface area contributed by atoms with Crippen LogP contribution in [-0.4, -0.2) is 20.4 Å². The largest absolute Gasteiger partial charge is 0.376 e. The average molecular weight is 311 g/mol. The van der Waals surface area contributed by atoms with Crippen LogP contribution in [0.5, 0.6) is 0 Å². The van der Waals surface area contributed by atoms with Gasteiger partial charge in [-0.25, -0.2) is 18.1 Å². The summed E-state index contributed by atoms with van der Waals surface area (Å²) in [5.41, 5.74) is 1.87. The molecule has 0 aliphatic carbocycles. The summed E-state index contributed by atoms with van der Waals surface area (Å²) in [6, 6.07) is 6.74. The highest BCUT2D eigenvalue weighted by molar-refractivity contribution is 7.89. The Morgan fingerprint density at radius 3 is 2.40 bits per heavy atom. The van der Waals surface area contributed by atoms with Gasteiger partial charge in [0, 0.05) is 16.8 Å². The van der Waals surface area contributed by atoms with E-state index in [1.54, 1.807) is 35.6 Å². The minimum absolute atomic E-state index is 0.0838. The average Bonchev–Trinajstić information content (AvgIpc) is 2.86. The molecule has 2 aromatic rings. The summed E-state index contributed by atoms with van der Waals surface area (Å²) in [6.45, 7) is 3.99. The Bertz CT molecular complexity index is 678. The second-order valence-electron chi connectivity index (χ2n) is 4.43. The van der Waals surface area contributed by atoms with Crippen molar-refractivity contribution in [2.75, 3.05) is 12.4 Å². The standard InChI is InChI=1S/C13H17N3O2S2/c1-9-8-19-13(15-9)10(2)16-11-4-6-12(7-5-11)20(17,18)14-3/h4-8,10,14,16H,1-3H3. The van der Waals surface area contributed by atoms with Crippen molar-refractivity contribution in [3.8, 4) is 0 Å². The second kappa shape index (κ2) is 5.90. The van der Waals surface area contributed by atoms with Crippen LogP contribution >= 0.6 is 11.3 Å². The molecule has 1 unspecified atom stereocenters. The lowest BCUT2D eigenvalue weighted by Crippen LogP contribution is -2.18. The Morgan fingerprint density at radius 2 is 1.90 bits per heavy atom. The Hall–Kier alpha value is -1.44. The minimum atomic E-state index is -3.38. The third-order valence-electron chi connectivity index (χ3n) is 2.82. The van der Waals surface area contributed by atoms with Crippen molar-refractivity contribution >= 4 is 27.0 Å². The molecule has 0 saturated heterocycles. The summed E-state index contributed by atoms with van der Waals surface area (Å²) >= 11 is 1.61. The number of anilines is 1. The maximum absolute atomic E-state index is 11.6. The van der Waals surface area contributed by atoms with Crippen LogP contribution in [0.4, 0.5) is 5.69 Å². The Labute approximate surface area is 123 Å². The Balaban J connectivity index is 2.11. The molecule has 0 saturated carbocycles.